The SMILES string of the molecule is NS(=O)(=O)c1ccccc1-c1c(F)c(F)c(F)c(F)c1-c1cc(F)c(C(F)(F)F)c(F)c1. The van der Waals surface area contributed by atoms with Crippen LogP contribution in [0.4, 0.5) is 39.5 Å². The number of nitrogens with two attached hydrogens (primary N) is 1. The van der Waals surface area contributed by atoms with Crippen LogP contribution in [-0.2, 0) is 16.2 Å². The van der Waals surface area contributed by atoms with Gasteiger partial charge in [0.15, 0.2) is 23.3 Å². The van der Waals surface area contributed by atoms with Gasteiger partial charge in [0.2, 0.25) is 10.0 Å². The lowest BCUT2D eigenvalue weighted by Crippen LogP contribution is -2.15. The van der Waals surface area contributed by atoms with Gasteiger partial charge in [-0.25, -0.2) is 39.9 Å². The summed E-state index contributed by atoms with van der Waals surface area (Å²) in [4.78, 5) is -0.904. The number of benzene rings is 3. The fraction of sp³-hybridized carbons (Fsp3) is 0.0526. The van der Waals surface area contributed by atoms with Crippen LogP contribution in [0.2, 0.25) is 0 Å². The minimum absolute atomic E-state index is 0.0792. The largest absolute Gasteiger partial charge is 0.422 e. The summed E-state index contributed by atoms with van der Waals surface area (Å²) in [6.45, 7) is 0. The second-order valence-corrected chi connectivity index (χ2v) is 7.89. The molecule has 0 fully saturated rings. The first-order valence-corrected chi connectivity index (χ1v) is 9.75. The fourth-order valence-electron chi connectivity index (χ4n) is 3.07. The average molecular weight is 485 g/mol. The first kappa shape index (κ1) is 23.6. The number of hydrogen-bond donors (Lipinski definition) is 1. The lowest BCUT2D eigenvalue weighted by Gasteiger charge is -2.17. The molecule has 0 heterocycles. The molecule has 2 N–H and O–H groups in total. The highest BCUT2D eigenvalue weighted by molar-refractivity contribution is 7.89. The number of primary sulfonamides is 1. The van der Waals surface area contributed by atoms with Gasteiger partial charge in [0, 0.05) is 16.7 Å². The molecule has 0 saturated heterocycles. The molecule has 0 aliphatic rings. The molecule has 0 saturated carbocycles. The molecule has 3 aromatic carbocycles. The summed E-state index contributed by atoms with van der Waals surface area (Å²) >= 11 is 0. The zero-order chi connectivity index (χ0) is 24.2. The van der Waals surface area contributed by atoms with E-state index < -0.39 is 83.8 Å². The van der Waals surface area contributed by atoms with Gasteiger partial charge in [-0.3, -0.25) is 0 Å². The second-order valence-electron chi connectivity index (χ2n) is 6.36. The quantitative estimate of drug-likeness (QED) is 0.302. The van der Waals surface area contributed by atoms with Crippen LogP contribution in [0.15, 0.2) is 41.3 Å². The van der Waals surface area contributed by atoms with Crippen LogP contribution in [0.25, 0.3) is 22.3 Å². The van der Waals surface area contributed by atoms with Crippen molar-refractivity contribution in [3.8, 4) is 22.3 Å². The van der Waals surface area contributed by atoms with Crippen molar-refractivity contribution in [3.05, 3.63) is 76.9 Å². The summed E-state index contributed by atoms with van der Waals surface area (Å²) in [6, 6.07) is 3.60. The summed E-state index contributed by atoms with van der Waals surface area (Å²) in [5.41, 5.74) is -7.12. The summed E-state index contributed by atoms with van der Waals surface area (Å²) in [5, 5.41) is 5.00. The molecule has 13 heteroatoms. The molecule has 3 rings (SSSR count). The van der Waals surface area contributed by atoms with Crippen LogP contribution in [0, 0.1) is 34.9 Å². The van der Waals surface area contributed by atoms with Gasteiger partial charge >= 0.3 is 6.18 Å². The topological polar surface area (TPSA) is 60.2 Å². The standard InChI is InChI=1S/C19H8F9NO2S/c20-9-5-7(6-10(21)14(9)19(26,27)28)12-13(16(23)18(25)17(24)15(12)22)8-3-1-2-4-11(8)32(29,30)31/h1-6H,(H2,29,30,31). The first-order valence-electron chi connectivity index (χ1n) is 8.21. The van der Waals surface area contributed by atoms with E-state index in [0.717, 1.165) is 24.3 Å². The molecule has 0 unspecified atom stereocenters. The Labute approximate surface area is 174 Å². The van der Waals surface area contributed by atoms with Crippen molar-refractivity contribution >= 4 is 10.0 Å². The third kappa shape index (κ3) is 3.93. The van der Waals surface area contributed by atoms with Gasteiger partial charge in [-0.2, -0.15) is 13.2 Å². The molecule has 0 aliphatic heterocycles. The maximum absolute atomic E-state index is 14.7. The van der Waals surface area contributed by atoms with Crippen LogP contribution in [0.1, 0.15) is 5.56 Å². The fourth-order valence-corrected chi connectivity index (χ4v) is 3.81. The lowest BCUT2D eigenvalue weighted by atomic mass is 9.92. The van der Waals surface area contributed by atoms with Crippen LogP contribution in [0.5, 0.6) is 0 Å². The van der Waals surface area contributed by atoms with Gasteiger partial charge in [-0.1, -0.05) is 18.2 Å². The van der Waals surface area contributed by atoms with Crippen molar-refractivity contribution in [1.29, 1.82) is 0 Å². The Hall–Kier alpha value is -3.06. The molecule has 32 heavy (non-hydrogen) atoms. The predicted octanol–water partition coefficient (Wildman–Crippen LogP) is 5.52. The second kappa shape index (κ2) is 7.81. The summed E-state index contributed by atoms with van der Waals surface area (Å²) in [6.07, 6.45) is -5.51. The van der Waals surface area contributed by atoms with Crippen LogP contribution < -0.4 is 5.14 Å². The minimum atomic E-state index is -5.51. The zero-order valence-electron chi connectivity index (χ0n) is 15.2. The van der Waals surface area contributed by atoms with E-state index in [9.17, 15) is 47.9 Å². The molecule has 0 bridgehead atoms. The summed E-state index contributed by atoms with van der Waals surface area (Å²) in [7, 11) is -4.68. The molecule has 0 radical (unpaired) electrons. The third-order valence-electron chi connectivity index (χ3n) is 4.34. The number of hydrogen-bond acceptors (Lipinski definition) is 2. The highest BCUT2D eigenvalue weighted by atomic mass is 32.2. The van der Waals surface area contributed by atoms with Gasteiger partial charge in [-0.05, 0) is 23.8 Å². The van der Waals surface area contributed by atoms with Gasteiger partial charge < -0.3 is 0 Å². The minimum Gasteiger partial charge on any atom is -0.225 e. The zero-order valence-corrected chi connectivity index (χ0v) is 16.0. The van der Waals surface area contributed by atoms with Crippen molar-refractivity contribution in [2.75, 3.05) is 0 Å². The van der Waals surface area contributed by atoms with E-state index in [1.807, 2.05) is 0 Å². The van der Waals surface area contributed by atoms with Gasteiger partial charge in [0.05, 0.1) is 4.90 Å². The Morgan fingerprint density at radius 2 is 1.19 bits per heavy atom. The van der Waals surface area contributed by atoms with Gasteiger partial charge in [-0.15, -0.1) is 0 Å². The molecular weight excluding hydrogens is 477 g/mol. The van der Waals surface area contributed by atoms with E-state index in [0.29, 0.717) is 0 Å². The Bertz CT molecular complexity index is 1330. The number of alkyl halides is 3. The Kier molecular flexibility index (Phi) is 5.76. The smallest absolute Gasteiger partial charge is 0.225 e. The number of halogens is 9. The van der Waals surface area contributed by atoms with E-state index in [2.05, 4.69) is 0 Å². The summed E-state index contributed by atoms with van der Waals surface area (Å²) < 4.78 is 148. The highest BCUT2D eigenvalue weighted by Crippen LogP contribution is 2.43. The van der Waals surface area contributed by atoms with Crippen LogP contribution in [0.3, 0.4) is 0 Å². The molecule has 0 aliphatic carbocycles. The summed E-state index contributed by atoms with van der Waals surface area (Å²) in [5.74, 6) is -13.8. The lowest BCUT2D eigenvalue weighted by molar-refractivity contribution is -0.142. The first-order chi connectivity index (χ1) is 14.7. The monoisotopic (exact) mass is 485 g/mol. The third-order valence-corrected chi connectivity index (χ3v) is 5.31. The predicted molar refractivity (Wildman–Crippen MR) is 93.4 cm³/mol. The van der Waals surface area contributed by atoms with Crippen molar-refractivity contribution in [2.45, 2.75) is 11.1 Å². The molecule has 0 spiro atoms. The van der Waals surface area contributed by atoms with Crippen molar-refractivity contribution in [1.82, 2.24) is 0 Å². The molecule has 0 atom stereocenters. The molecule has 0 aromatic heterocycles. The van der Waals surface area contributed by atoms with E-state index in [4.69, 9.17) is 5.14 Å². The average Bonchev–Trinajstić information content (AvgIpc) is 2.66. The van der Waals surface area contributed by atoms with E-state index in [-0.39, 0.29) is 12.1 Å². The van der Waals surface area contributed by atoms with Crippen LogP contribution in [-0.4, -0.2) is 8.42 Å². The van der Waals surface area contributed by atoms with Crippen LogP contribution >= 0.6 is 0 Å². The molecule has 3 aromatic rings. The highest BCUT2D eigenvalue weighted by Gasteiger charge is 2.39. The van der Waals surface area contributed by atoms with Crippen molar-refractivity contribution < 1.29 is 47.9 Å². The van der Waals surface area contributed by atoms with Gasteiger partial charge in [0.1, 0.15) is 17.2 Å². The molecule has 3 nitrogen and oxygen atoms in total. The Morgan fingerprint density at radius 3 is 1.66 bits per heavy atom. The molecule has 0 amide bonds. The maximum atomic E-state index is 14.7. The van der Waals surface area contributed by atoms with Gasteiger partial charge in [0.25, 0.3) is 0 Å². The Morgan fingerprint density at radius 1 is 0.719 bits per heavy atom. The van der Waals surface area contributed by atoms with E-state index >= 15 is 0 Å². The molecular formula is C19H8F9NO2S. The van der Waals surface area contributed by atoms with Crippen molar-refractivity contribution in [2.24, 2.45) is 5.14 Å². The maximum Gasteiger partial charge on any atom is 0.422 e. The normalized spacial score (nSPS) is 12.3. The Balaban J connectivity index is 2.51. The van der Waals surface area contributed by atoms with Crippen molar-refractivity contribution in [3.63, 3.8) is 0 Å². The number of rotatable bonds is 3. The number of sulfonamides is 1. The van der Waals surface area contributed by atoms with E-state index in [1.165, 1.54) is 0 Å². The molecule has 170 valence electrons. The van der Waals surface area contributed by atoms with E-state index in [1.54, 1.807) is 0 Å².